The highest BCUT2D eigenvalue weighted by Crippen LogP contribution is 2.29. The molecule has 0 unspecified atom stereocenters. The molecule has 0 radical (unpaired) electrons. The molecule has 0 bridgehead atoms. The normalized spacial score (nSPS) is 11.8. The Kier molecular flexibility index (Phi) is 4.12. The molecule has 0 spiro atoms. The Labute approximate surface area is 119 Å². The van der Waals surface area contributed by atoms with Crippen molar-refractivity contribution in [3.8, 4) is 0 Å². The number of benzene rings is 2. The van der Waals surface area contributed by atoms with E-state index in [1.54, 1.807) is 30.4 Å². The van der Waals surface area contributed by atoms with Crippen LogP contribution in [-0.2, 0) is 6.18 Å². The number of carboxylic acids is 1. The zero-order chi connectivity index (χ0) is 15.5. The van der Waals surface area contributed by atoms with Crippen LogP contribution in [0.15, 0.2) is 48.5 Å². The van der Waals surface area contributed by atoms with Crippen molar-refractivity contribution in [2.24, 2.45) is 0 Å². The molecule has 0 aliphatic heterocycles. The fourth-order valence-corrected chi connectivity index (χ4v) is 1.75. The van der Waals surface area contributed by atoms with E-state index in [9.17, 15) is 18.0 Å². The zero-order valence-corrected chi connectivity index (χ0v) is 10.8. The Morgan fingerprint density at radius 2 is 1.57 bits per heavy atom. The maximum absolute atomic E-state index is 12.6. The summed E-state index contributed by atoms with van der Waals surface area (Å²) in [6.45, 7) is 0. The molecule has 108 valence electrons. The van der Waals surface area contributed by atoms with Crippen molar-refractivity contribution >= 4 is 18.1 Å². The molecule has 0 atom stereocenters. The first-order valence-electron chi connectivity index (χ1n) is 6.05. The number of rotatable bonds is 3. The van der Waals surface area contributed by atoms with E-state index in [2.05, 4.69) is 0 Å². The Morgan fingerprint density at radius 1 is 0.952 bits per heavy atom. The van der Waals surface area contributed by atoms with Crippen LogP contribution in [-0.4, -0.2) is 11.1 Å². The summed E-state index contributed by atoms with van der Waals surface area (Å²) in [4.78, 5) is 10.7. The van der Waals surface area contributed by atoms with E-state index < -0.39 is 17.7 Å². The van der Waals surface area contributed by atoms with Crippen molar-refractivity contribution in [2.45, 2.75) is 6.18 Å². The second-order valence-corrected chi connectivity index (χ2v) is 4.38. The van der Waals surface area contributed by atoms with Crippen molar-refractivity contribution in [3.63, 3.8) is 0 Å². The number of aromatic carboxylic acids is 1. The predicted molar refractivity (Wildman–Crippen MR) is 73.8 cm³/mol. The van der Waals surface area contributed by atoms with Gasteiger partial charge in [-0.2, -0.15) is 13.2 Å². The second kappa shape index (κ2) is 5.83. The van der Waals surface area contributed by atoms with E-state index in [1.807, 2.05) is 0 Å². The van der Waals surface area contributed by atoms with Crippen LogP contribution in [0.25, 0.3) is 12.2 Å². The summed E-state index contributed by atoms with van der Waals surface area (Å²) in [5, 5.41) is 8.77. The largest absolute Gasteiger partial charge is 0.478 e. The molecule has 2 nitrogen and oxygen atoms in total. The average Bonchev–Trinajstić information content (AvgIpc) is 2.45. The fourth-order valence-electron chi connectivity index (χ4n) is 1.75. The number of hydrogen-bond acceptors (Lipinski definition) is 1. The lowest BCUT2D eigenvalue weighted by Crippen LogP contribution is -2.04. The SMILES string of the molecule is O=C(O)c1ccc(C=Cc2cccc(C(F)(F)F)c2)cc1. The summed E-state index contributed by atoms with van der Waals surface area (Å²) in [5.74, 6) is -1.02. The lowest BCUT2D eigenvalue weighted by molar-refractivity contribution is -0.137. The lowest BCUT2D eigenvalue weighted by atomic mass is 10.1. The Hall–Kier alpha value is -2.56. The predicted octanol–water partition coefficient (Wildman–Crippen LogP) is 4.57. The minimum atomic E-state index is -4.37. The van der Waals surface area contributed by atoms with Crippen LogP contribution in [0.1, 0.15) is 27.0 Å². The first-order chi connectivity index (χ1) is 9.86. The lowest BCUT2D eigenvalue weighted by Gasteiger charge is -2.06. The molecule has 0 aliphatic rings. The molecule has 2 aromatic carbocycles. The molecule has 0 amide bonds. The third-order valence-electron chi connectivity index (χ3n) is 2.84. The van der Waals surface area contributed by atoms with E-state index in [0.29, 0.717) is 11.1 Å². The third kappa shape index (κ3) is 3.95. The van der Waals surface area contributed by atoms with E-state index in [1.165, 1.54) is 18.2 Å². The fraction of sp³-hybridized carbons (Fsp3) is 0.0625. The van der Waals surface area contributed by atoms with Crippen molar-refractivity contribution in [2.75, 3.05) is 0 Å². The van der Waals surface area contributed by atoms with Gasteiger partial charge in [0.25, 0.3) is 0 Å². The van der Waals surface area contributed by atoms with E-state index in [-0.39, 0.29) is 5.56 Å². The molecule has 21 heavy (non-hydrogen) atoms. The Balaban J connectivity index is 2.19. The van der Waals surface area contributed by atoms with Crippen LogP contribution in [0.4, 0.5) is 13.2 Å². The third-order valence-corrected chi connectivity index (χ3v) is 2.84. The standard InChI is InChI=1S/C16H11F3O2/c17-16(18,19)14-3-1-2-12(10-14)5-4-11-6-8-13(9-7-11)15(20)21/h1-10H,(H,20,21). The minimum absolute atomic E-state index is 0.159. The van der Waals surface area contributed by atoms with E-state index >= 15 is 0 Å². The number of carbonyl (C=O) groups is 1. The molecular formula is C16H11F3O2. The molecule has 0 saturated heterocycles. The highest BCUT2D eigenvalue weighted by molar-refractivity contribution is 5.88. The zero-order valence-electron chi connectivity index (χ0n) is 10.8. The molecule has 5 heteroatoms. The minimum Gasteiger partial charge on any atom is -0.478 e. The van der Waals surface area contributed by atoms with E-state index in [0.717, 1.165) is 12.1 Å². The molecular weight excluding hydrogens is 281 g/mol. The maximum Gasteiger partial charge on any atom is 0.416 e. The van der Waals surface area contributed by atoms with Crippen LogP contribution in [0.3, 0.4) is 0 Å². The Bertz CT molecular complexity index is 671. The first-order valence-corrected chi connectivity index (χ1v) is 6.05. The molecule has 0 aliphatic carbocycles. The highest BCUT2D eigenvalue weighted by atomic mass is 19.4. The van der Waals surface area contributed by atoms with Crippen LogP contribution in [0, 0.1) is 0 Å². The van der Waals surface area contributed by atoms with Gasteiger partial charge in [-0.1, -0.05) is 36.4 Å². The number of carboxylic acid groups (broad SMARTS) is 1. The number of hydrogen-bond donors (Lipinski definition) is 1. The quantitative estimate of drug-likeness (QED) is 0.841. The smallest absolute Gasteiger partial charge is 0.416 e. The van der Waals surface area contributed by atoms with Crippen LogP contribution in [0.2, 0.25) is 0 Å². The van der Waals surface area contributed by atoms with Gasteiger partial charge in [0.05, 0.1) is 11.1 Å². The van der Waals surface area contributed by atoms with Crippen LogP contribution < -0.4 is 0 Å². The van der Waals surface area contributed by atoms with Gasteiger partial charge in [-0.05, 0) is 35.4 Å². The summed E-state index contributed by atoms with van der Waals surface area (Å²) in [6.07, 6.45) is -1.20. The van der Waals surface area contributed by atoms with Gasteiger partial charge in [-0.15, -0.1) is 0 Å². The topological polar surface area (TPSA) is 37.3 Å². The van der Waals surface area contributed by atoms with Crippen molar-refractivity contribution in [1.29, 1.82) is 0 Å². The van der Waals surface area contributed by atoms with Gasteiger partial charge in [0.2, 0.25) is 0 Å². The summed E-state index contributed by atoms with van der Waals surface area (Å²) in [7, 11) is 0. The van der Waals surface area contributed by atoms with Gasteiger partial charge in [0, 0.05) is 0 Å². The van der Waals surface area contributed by atoms with Gasteiger partial charge >= 0.3 is 12.1 Å². The van der Waals surface area contributed by atoms with Gasteiger partial charge in [0.15, 0.2) is 0 Å². The van der Waals surface area contributed by atoms with Gasteiger partial charge in [-0.25, -0.2) is 4.79 Å². The molecule has 0 fully saturated rings. The van der Waals surface area contributed by atoms with Crippen LogP contribution >= 0.6 is 0 Å². The maximum atomic E-state index is 12.6. The average molecular weight is 292 g/mol. The second-order valence-electron chi connectivity index (χ2n) is 4.38. The van der Waals surface area contributed by atoms with Crippen molar-refractivity contribution < 1.29 is 23.1 Å². The molecule has 2 rings (SSSR count). The molecule has 0 saturated carbocycles. The monoisotopic (exact) mass is 292 g/mol. The Morgan fingerprint density at radius 3 is 2.14 bits per heavy atom. The first kappa shape index (κ1) is 14.8. The van der Waals surface area contributed by atoms with Crippen molar-refractivity contribution in [1.82, 2.24) is 0 Å². The molecule has 1 N–H and O–H groups in total. The summed E-state index contributed by atoms with van der Waals surface area (Å²) in [6, 6.07) is 11.0. The van der Waals surface area contributed by atoms with Crippen molar-refractivity contribution in [3.05, 3.63) is 70.8 Å². The number of halogens is 3. The van der Waals surface area contributed by atoms with Gasteiger partial charge in [0.1, 0.15) is 0 Å². The van der Waals surface area contributed by atoms with Gasteiger partial charge in [-0.3, -0.25) is 0 Å². The van der Waals surface area contributed by atoms with E-state index in [4.69, 9.17) is 5.11 Å². The highest BCUT2D eigenvalue weighted by Gasteiger charge is 2.30. The van der Waals surface area contributed by atoms with Gasteiger partial charge < -0.3 is 5.11 Å². The van der Waals surface area contributed by atoms with Crippen LogP contribution in [0.5, 0.6) is 0 Å². The summed E-state index contributed by atoms with van der Waals surface area (Å²) >= 11 is 0. The molecule has 0 aromatic heterocycles. The molecule has 2 aromatic rings. The summed E-state index contributed by atoms with van der Waals surface area (Å²) < 4.78 is 37.7. The number of alkyl halides is 3. The molecule has 0 heterocycles. The summed E-state index contributed by atoms with van der Waals surface area (Å²) in [5.41, 5.74) is 0.585.